The van der Waals surface area contributed by atoms with Gasteiger partial charge in [-0.2, -0.15) is 5.10 Å². The second-order valence-corrected chi connectivity index (χ2v) is 6.01. The highest BCUT2D eigenvalue weighted by molar-refractivity contribution is 6.09. The number of carbonyl (C=O) groups excluding carboxylic acids is 2. The first-order chi connectivity index (χ1) is 13.7. The predicted molar refractivity (Wildman–Crippen MR) is 103 cm³/mol. The number of imidazole rings is 1. The largest absolute Gasteiger partial charge is 0.462 e. The summed E-state index contributed by atoms with van der Waals surface area (Å²) < 4.78 is 6.81. The summed E-state index contributed by atoms with van der Waals surface area (Å²) in [5.41, 5.74) is 3.22. The summed E-state index contributed by atoms with van der Waals surface area (Å²) in [6.07, 6.45) is 5.00. The molecule has 0 spiro atoms. The number of nitrogens with zero attached hydrogens (tertiary/aromatic N) is 3. The van der Waals surface area contributed by atoms with Crippen LogP contribution in [0.5, 0.6) is 0 Å². The van der Waals surface area contributed by atoms with Crippen LogP contribution in [0.25, 0.3) is 16.9 Å². The first-order valence-corrected chi connectivity index (χ1v) is 8.71. The molecule has 0 aliphatic carbocycles. The third-order valence-electron chi connectivity index (χ3n) is 4.15. The maximum absolute atomic E-state index is 12.6. The SMILES string of the molecule is CCOC(=O)c1cn[nH]c1C(=O)Nc1ccn2cc(-c3ccccc3)nc2c1. The Morgan fingerprint density at radius 2 is 2.04 bits per heavy atom. The maximum Gasteiger partial charge on any atom is 0.342 e. The average Bonchev–Trinajstić information content (AvgIpc) is 3.36. The van der Waals surface area contributed by atoms with Crippen LogP contribution in [0.4, 0.5) is 5.69 Å². The van der Waals surface area contributed by atoms with Crippen molar-refractivity contribution >= 4 is 23.2 Å². The van der Waals surface area contributed by atoms with E-state index in [9.17, 15) is 9.59 Å². The number of hydrogen-bond acceptors (Lipinski definition) is 5. The van der Waals surface area contributed by atoms with Crippen molar-refractivity contribution in [3.05, 3.63) is 72.3 Å². The number of rotatable bonds is 5. The number of carbonyl (C=O) groups is 2. The molecule has 4 aromatic rings. The molecule has 2 N–H and O–H groups in total. The second kappa shape index (κ2) is 7.36. The molecular formula is C20H17N5O3. The molecule has 0 fully saturated rings. The maximum atomic E-state index is 12.6. The Balaban J connectivity index is 1.58. The molecule has 3 aromatic heterocycles. The number of fused-ring (bicyclic) bond motifs is 1. The van der Waals surface area contributed by atoms with Gasteiger partial charge >= 0.3 is 5.97 Å². The van der Waals surface area contributed by atoms with Gasteiger partial charge in [-0.25, -0.2) is 9.78 Å². The van der Waals surface area contributed by atoms with E-state index >= 15 is 0 Å². The molecule has 0 saturated carbocycles. The number of amides is 1. The number of anilines is 1. The normalized spacial score (nSPS) is 10.8. The molecule has 0 bridgehead atoms. The Morgan fingerprint density at radius 3 is 2.82 bits per heavy atom. The van der Waals surface area contributed by atoms with Crippen LogP contribution in [0.15, 0.2) is 61.1 Å². The first-order valence-electron chi connectivity index (χ1n) is 8.71. The Bertz CT molecular complexity index is 1150. The van der Waals surface area contributed by atoms with Crippen molar-refractivity contribution in [3.63, 3.8) is 0 Å². The fourth-order valence-electron chi connectivity index (χ4n) is 2.82. The monoisotopic (exact) mass is 375 g/mol. The summed E-state index contributed by atoms with van der Waals surface area (Å²) in [4.78, 5) is 29.1. The highest BCUT2D eigenvalue weighted by atomic mass is 16.5. The standard InChI is InChI=1S/C20H17N5O3/c1-2-28-20(27)15-11-21-24-18(15)19(26)22-14-8-9-25-12-16(23-17(25)10-14)13-6-4-3-5-7-13/h3-12H,2H2,1H3,(H,21,24)(H,22,26). The Morgan fingerprint density at radius 1 is 1.21 bits per heavy atom. The molecule has 0 radical (unpaired) electrons. The molecule has 3 heterocycles. The van der Waals surface area contributed by atoms with E-state index in [1.165, 1.54) is 6.20 Å². The Kier molecular flexibility index (Phi) is 4.59. The van der Waals surface area contributed by atoms with Crippen molar-refractivity contribution in [2.45, 2.75) is 6.92 Å². The number of aromatic nitrogens is 4. The van der Waals surface area contributed by atoms with E-state index in [2.05, 4.69) is 20.5 Å². The first kappa shape index (κ1) is 17.5. The van der Waals surface area contributed by atoms with Crippen molar-refractivity contribution < 1.29 is 14.3 Å². The lowest BCUT2D eigenvalue weighted by Crippen LogP contribution is -2.17. The highest BCUT2D eigenvalue weighted by Gasteiger charge is 2.20. The van der Waals surface area contributed by atoms with E-state index in [1.54, 1.807) is 19.1 Å². The van der Waals surface area contributed by atoms with Crippen molar-refractivity contribution in [2.75, 3.05) is 11.9 Å². The van der Waals surface area contributed by atoms with Gasteiger partial charge in [0.1, 0.15) is 16.9 Å². The number of aromatic amines is 1. The lowest BCUT2D eigenvalue weighted by molar-refractivity contribution is 0.0523. The third kappa shape index (κ3) is 3.35. The molecular weight excluding hydrogens is 358 g/mol. The topological polar surface area (TPSA) is 101 Å². The van der Waals surface area contributed by atoms with Crippen LogP contribution in [-0.2, 0) is 4.74 Å². The van der Waals surface area contributed by atoms with E-state index in [1.807, 2.05) is 47.1 Å². The van der Waals surface area contributed by atoms with Crippen LogP contribution in [0.1, 0.15) is 27.8 Å². The molecule has 8 heteroatoms. The van der Waals surface area contributed by atoms with Gasteiger partial charge in [0.15, 0.2) is 0 Å². The molecule has 0 atom stereocenters. The average molecular weight is 375 g/mol. The van der Waals surface area contributed by atoms with Crippen molar-refractivity contribution in [2.24, 2.45) is 0 Å². The minimum absolute atomic E-state index is 0.0478. The van der Waals surface area contributed by atoms with E-state index in [0.29, 0.717) is 11.3 Å². The zero-order chi connectivity index (χ0) is 19.5. The fourth-order valence-corrected chi connectivity index (χ4v) is 2.82. The molecule has 0 aliphatic rings. The van der Waals surface area contributed by atoms with Crippen LogP contribution < -0.4 is 5.32 Å². The summed E-state index contributed by atoms with van der Waals surface area (Å²) in [7, 11) is 0. The lowest BCUT2D eigenvalue weighted by Gasteiger charge is -2.06. The van der Waals surface area contributed by atoms with Gasteiger partial charge in [-0.3, -0.25) is 9.89 Å². The van der Waals surface area contributed by atoms with Crippen LogP contribution in [0.2, 0.25) is 0 Å². The second-order valence-electron chi connectivity index (χ2n) is 6.01. The Labute approximate surface area is 160 Å². The number of esters is 1. The van der Waals surface area contributed by atoms with Crippen LogP contribution in [0, 0.1) is 0 Å². The van der Waals surface area contributed by atoms with Gasteiger partial charge < -0.3 is 14.5 Å². The summed E-state index contributed by atoms with van der Waals surface area (Å²) in [6.45, 7) is 1.91. The van der Waals surface area contributed by atoms with Crippen molar-refractivity contribution in [1.29, 1.82) is 0 Å². The quantitative estimate of drug-likeness (QED) is 0.522. The van der Waals surface area contributed by atoms with Gasteiger partial charge in [0.05, 0.1) is 18.5 Å². The molecule has 1 aromatic carbocycles. The van der Waals surface area contributed by atoms with Crippen LogP contribution in [0.3, 0.4) is 0 Å². The van der Waals surface area contributed by atoms with Crippen LogP contribution >= 0.6 is 0 Å². The third-order valence-corrected chi connectivity index (χ3v) is 4.15. The van der Waals surface area contributed by atoms with Gasteiger partial charge in [0, 0.05) is 29.7 Å². The highest BCUT2D eigenvalue weighted by Crippen LogP contribution is 2.21. The summed E-state index contributed by atoms with van der Waals surface area (Å²) in [6, 6.07) is 13.3. The molecule has 0 aliphatic heterocycles. The van der Waals surface area contributed by atoms with Gasteiger partial charge in [-0.15, -0.1) is 0 Å². The van der Waals surface area contributed by atoms with E-state index < -0.39 is 11.9 Å². The Hall–Kier alpha value is -3.94. The van der Waals surface area contributed by atoms with Gasteiger partial charge in [0.2, 0.25) is 0 Å². The smallest absolute Gasteiger partial charge is 0.342 e. The number of benzene rings is 1. The van der Waals surface area contributed by atoms with Gasteiger partial charge in [-0.1, -0.05) is 30.3 Å². The molecule has 28 heavy (non-hydrogen) atoms. The zero-order valence-corrected chi connectivity index (χ0v) is 15.0. The fraction of sp³-hybridized carbons (Fsp3) is 0.100. The number of H-pyrrole nitrogens is 1. The number of nitrogens with one attached hydrogen (secondary N) is 2. The van der Waals surface area contributed by atoms with Crippen molar-refractivity contribution in [1.82, 2.24) is 19.6 Å². The molecule has 140 valence electrons. The van der Waals surface area contributed by atoms with Crippen molar-refractivity contribution in [3.8, 4) is 11.3 Å². The minimum Gasteiger partial charge on any atom is -0.462 e. The lowest BCUT2D eigenvalue weighted by atomic mass is 10.2. The molecule has 4 rings (SSSR count). The number of hydrogen-bond donors (Lipinski definition) is 2. The van der Waals surface area contributed by atoms with Gasteiger partial charge in [0.25, 0.3) is 5.91 Å². The molecule has 0 saturated heterocycles. The summed E-state index contributed by atoms with van der Waals surface area (Å²) >= 11 is 0. The molecule has 0 unspecified atom stereocenters. The van der Waals surface area contributed by atoms with E-state index in [0.717, 1.165) is 11.3 Å². The number of ether oxygens (including phenoxy) is 1. The van der Waals surface area contributed by atoms with E-state index in [4.69, 9.17) is 4.74 Å². The predicted octanol–water partition coefficient (Wildman–Crippen LogP) is 3.15. The number of pyridine rings is 1. The molecule has 8 nitrogen and oxygen atoms in total. The summed E-state index contributed by atoms with van der Waals surface area (Å²) in [5.74, 6) is -1.09. The summed E-state index contributed by atoms with van der Waals surface area (Å²) in [5, 5.41) is 9.07. The zero-order valence-electron chi connectivity index (χ0n) is 15.0. The van der Waals surface area contributed by atoms with Crippen LogP contribution in [-0.4, -0.2) is 38.1 Å². The van der Waals surface area contributed by atoms with E-state index in [-0.39, 0.29) is 17.9 Å². The minimum atomic E-state index is -0.599. The van der Waals surface area contributed by atoms with Gasteiger partial charge in [-0.05, 0) is 13.0 Å². The molecule has 1 amide bonds.